The molecule has 1 N–H and O–H groups in total. The Bertz CT molecular complexity index is 872. The van der Waals surface area contributed by atoms with Crippen LogP contribution in [0.3, 0.4) is 0 Å². The van der Waals surface area contributed by atoms with Crippen LogP contribution in [-0.4, -0.2) is 17.5 Å². The number of carbonyl (C=O) groups excluding carboxylic acids is 2. The Kier molecular flexibility index (Phi) is 4.56. The number of anilines is 1. The summed E-state index contributed by atoms with van der Waals surface area (Å²) in [6, 6.07) is 10.6. The van der Waals surface area contributed by atoms with Gasteiger partial charge in [0.25, 0.3) is 5.79 Å². The molecule has 2 aromatic rings. The molecule has 0 saturated heterocycles. The Morgan fingerprint density at radius 2 is 1.67 bits per heavy atom. The van der Waals surface area contributed by atoms with Crippen molar-refractivity contribution in [3.05, 3.63) is 53.8 Å². The van der Waals surface area contributed by atoms with Gasteiger partial charge in [-0.2, -0.15) is 0 Å². The van der Waals surface area contributed by atoms with Crippen LogP contribution in [0.1, 0.15) is 48.9 Å². The molecule has 27 heavy (non-hydrogen) atoms. The highest BCUT2D eigenvalue weighted by atomic mass is 19.1. The summed E-state index contributed by atoms with van der Waals surface area (Å²) < 4.78 is 24.8. The molecule has 1 spiro atoms. The molecule has 1 saturated carbocycles. The topological polar surface area (TPSA) is 64.6 Å². The van der Waals surface area contributed by atoms with Crippen molar-refractivity contribution in [3.8, 4) is 11.5 Å². The van der Waals surface area contributed by atoms with Gasteiger partial charge in [-0.1, -0.05) is 0 Å². The minimum atomic E-state index is -0.535. The van der Waals surface area contributed by atoms with Crippen molar-refractivity contribution in [2.45, 2.75) is 44.3 Å². The van der Waals surface area contributed by atoms with E-state index in [9.17, 15) is 14.0 Å². The molecular weight excluding hydrogens is 349 g/mol. The number of carbonyl (C=O) groups is 2. The lowest BCUT2D eigenvalue weighted by atomic mass is 10.1. The van der Waals surface area contributed by atoms with Crippen molar-refractivity contribution in [2.75, 3.05) is 5.32 Å². The highest BCUT2D eigenvalue weighted by Gasteiger charge is 2.44. The first kappa shape index (κ1) is 17.5. The van der Waals surface area contributed by atoms with E-state index >= 15 is 0 Å². The summed E-state index contributed by atoms with van der Waals surface area (Å²) in [5, 5.41) is 2.78. The van der Waals surface area contributed by atoms with Gasteiger partial charge in [-0.25, -0.2) is 4.39 Å². The molecule has 0 aromatic heterocycles. The molecule has 4 rings (SSSR count). The second kappa shape index (κ2) is 7.02. The lowest BCUT2D eigenvalue weighted by Gasteiger charge is -2.21. The van der Waals surface area contributed by atoms with Crippen LogP contribution in [-0.2, 0) is 4.79 Å². The lowest BCUT2D eigenvalue weighted by Crippen LogP contribution is -2.34. The number of fused-ring (bicyclic) bond motifs is 1. The molecule has 1 fully saturated rings. The normalized spacial score (nSPS) is 16.5. The molecule has 2 aromatic carbocycles. The summed E-state index contributed by atoms with van der Waals surface area (Å²) in [4.78, 5) is 24.2. The van der Waals surface area contributed by atoms with Gasteiger partial charge >= 0.3 is 0 Å². The first-order valence-electron chi connectivity index (χ1n) is 9.14. The summed E-state index contributed by atoms with van der Waals surface area (Å²) >= 11 is 0. The van der Waals surface area contributed by atoms with E-state index in [2.05, 4.69) is 5.32 Å². The zero-order valence-electron chi connectivity index (χ0n) is 14.8. The van der Waals surface area contributed by atoms with Crippen molar-refractivity contribution in [1.29, 1.82) is 0 Å². The summed E-state index contributed by atoms with van der Waals surface area (Å²) in [5.74, 6) is -0.0594. The monoisotopic (exact) mass is 369 g/mol. The molecule has 1 heterocycles. The molecule has 0 unspecified atom stereocenters. The van der Waals surface area contributed by atoms with E-state index in [-0.39, 0.29) is 24.5 Å². The fourth-order valence-electron chi connectivity index (χ4n) is 3.52. The number of rotatable bonds is 5. The van der Waals surface area contributed by atoms with Crippen molar-refractivity contribution in [2.24, 2.45) is 0 Å². The van der Waals surface area contributed by atoms with Crippen LogP contribution < -0.4 is 14.8 Å². The van der Waals surface area contributed by atoms with E-state index in [1.54, 1.807) is 18.2 Å². The van der Waals surface area contributed by atoms with Gasteiger partial charge in [-0.15, -0.1) is 0 Å². The average Bonchev–Trinajstić information content (AvgIpc) is 3.26. The van der Waals surface area contributed by atoms with E-state index in [4.69, 9.17) is 9.47 Å². The Morgan fingerprint density at radius 3 is 2.41 bits per heavy atom. The first-order valence-corrected chi connectivity index (χ1v) is 9.14. The van der Waals surface area contributed by atoms with Crippen LogP contribution in [0.2, 0.25) is 0 Å². The third-order valence-electron chi connectivity index (χ3n) is 4.93. The molecule has 0 atom stereocenters. The maximum absolute atomic E-state index is 12.9. The van der Waals surface area contributed by atoms with Crippen LogP contribution in [0.25, 0.3) is 0 Å². The van der Waals surface area contributed by atoms with Gasteiger partial charge in [-0.3, -0.25) is 9.59 Å². The van der Waals surface area contributed by atoms with Gasteiger partial charge < -0.3 is 14.8 Å². The molecule has 1 aliphatic heterocycles. The maximum atomic E-state index is 12.9. The smallest absolute Gasteiger partial charge is 0.251 e. The molecule has 0 bridgehead atoms. The zero-order valence-corrected chi connectivity index (χ0v) is 14.8. The summed E-state index contributed by atoms with van der Waals surface area (Å²) in [7, 11) is 0. The minimum absolute atomic E-state index is 0.0502. The number of ketones is 1. The second-order valence-electron chi connectivity index (χ2n) is 6.96. The minimum Gasteiger partial charge on any atom is -0.448 e. The predicted molar refractivity (Wildman–Crippen MR) is 97.5 cm³/mol. The first-order chi connectivity index (χ1) is 13.0. The van der Waals surface area contributed by atoms with Crippen LogP contribution in [0, 0.1) is 5.82 Å². The number of Topliss-reactive ketones (excluding diaryl/α,β-unsaturated/α-hetero) is 1. The summed E-state index contributed by atoms with van der Waals surface area (Å²) in [6.07, 6.45) is 4.02. The van der Waals surface area contributed by atoms with Crippen LogP contribution >= 0.6 is 0 Å². The fourth-order valence-corrected chi connectivity index (χ4v) is 3.52. The number of hydrogen-bond donors (Lipinski definition) is 1. The zero-order chi connectivity index (χ0) is 18.9. The van der Waals surface area contributed by atoms with Gasteiger partial charge in [0.15, 0.2) is 17.3 Å². The molecule has 2 aliphatic rings. The largest absolute Gasteiger partial charge is 0.448 e. The lowest BCUT2D eigenvalue weighted by molar-refractivity contribution is -0.116. The second-order valence-corrected chi connectivity index (χ2v) is 6.96. The van der Waals surface area contributed by atoms with Crippen molar-refractivity contribution in [3.63, 3.8) is 0 Å². The Hall–Kier alpha value is -2.89. The van der Waals surface area contributed by atoms with E-state index < -0.39 is 11.6 Å². The van der Waals surface area contributed by atoms with Crippen molar-refractivity contribution >= 4 is 17.4 Å². The van der Waals surface area contributed by atoms with Gasteiger partial charge in [0, 0.05) is 43.0 Å². The summed E-state index contributed by atoms with van der Waals surface area (Å²) in [6.45, 7) is 0. The predicted octanol–water partition coefficient (Wildman–Crippen LogP) is 4.47. The molecular formula is C21H20FNO4. The van der Waals surface area contributed by atoms with Crippen LogP contribution in [0.5, 0.6) is 11.5 Å². The number of halogens is 1. The highest BCUT2D eigenvalue weighted by Crippen LogP contribution is 2.47. The Balaban J connectivity index is 1.33. The van der Waals surface area contributed by atoms with Gasteiger partial charge in [0.1, 0.15) is 5.82 Å². The molecule has 5 nitrogen and oxygen atoms in total. The maximum Gasteiger partial charge on any atom is 0.251 e. The standard InChI is InChI=1S/C21H20FNO4/c22-15-5-3-14(4-6-15)17(24)8-10-20(25)23-16-7-9-18-19(13-16)27-21(26-18)11-1-2-12-21/h3-7,9,13H,1-2,8,10-12H2,(H,23,25). The van der Waals surface area contributed by atoms with Gasteiger partial charge in [0.2, 0.25) is 5.91 Å². The average molecular weight is 369 g/mol. The summed E-state index contributed by atoms with van der Waals surface area (Å²) in [5.41, 5.74) is 1.00. The van der Waals surface area contributed by atoms with Crippen LogP contribution in [0.15, 0.2) is 42.5 Å². The Labute approximate surface area is 156 Å². The Morgan fingerprint density at radius 1 is 0.963 bits per heavy atom. The van der Waals surface area contributed by atoms with Crippen molar-refractivity contribution in [1.82, 2.24) is 0 Å². The SMILES string of the molecule is O=C(CCC(=O)c1ccc(F)cc1)Nc1ccc2c(c1)OC1(CCCC1)O2. The molecule has 1 aliphatic carbocycles. The third kappa shape index (κ3) is 3.79. The quantitative estimate of drug-likeness (QED) is 0.790. The van der Waals surface area contributed by atoms with Gasteiger partial charge in [0.05, 0.1) is 0 Å². The van der Waals surface area contributed by atoms with E-state index in [1.807, 2.05) is 0 Å². The molecule has 0 radical (unpaired) electrons. The van der Waals surface area contributed by atoms with E-state index in [0.717, 1.165) is 25.7 Å². The molecule has 6 heteroatoms. The number of nitrogens with one attached hydrogen (secondary N) is 1. The molecule has 1 amide bonds. The highest BCUT2D eigenvalue weighted by molar-refractivity contribution is 6.00. The van der Waals surface area contributed by atoms with Gasteiger partial charge in [-0.05, 0) is 49.2 Å². The number of amides is 1. The van der Waals surface area contributed by atoms with E-state index in [0.29, 0.717) is 22.7 Å². The fraction of sp³-hybridized carbons (Fsp3) is 0.333. The number of hydrogen-bond acceptors (Lipinski definition) is 4. The van der Waals surface area contributed by atoms with Crippen LogP contribution in [0.4, 0.5) is 10.1 Å². The number of ether oxygens (including phenoxy) is 2. The third-order valence-corrected chi connectivity index (χ3v) is 4.93. The van der Waals surface area contributed by atoms with Crippen molar-refractivity contribution < 1.29 is 23.5 Å². The van der Waals surface area contributed by atoms with E-state index in [1.165, 1.54) is 24.3 Å². The number of benzene rings is 2. The molecule has 140 valence electrons.